The highest BCUT2D eigenvalue weighted by Crippen LogP contribution is 2.36. The molecular weight excluding hydrogens is 258 g/mol. The van der Waals surface area contributed by atoms with Crippen molar-refractivity contribution in [2.45, 2.75) is 38.3 Å². The molecular formula is C15H25NO4. The summed E-state index contributed by atoms with van der Waals surface area (Å²) in [6.45, 7) is 6.23. The van der Waals surface area contributed by atoms with Crippen molar-refractivity contribution in [3.63, 3.8) is 0 Å². The van der Waals surface area contributed by atoms with Crippen molar-refractivity contribution in [2.24, 2.45) is 11.8 Å². The molecule has 0 radical (unpaired) electrons. The van der Waals surface area contributed by atoms with Crippen LogP contribution in [0, 0.1) is 11.8 Å². The molecule has 2 saturated heterocycles. The van der Waals surface area contributed by atoms with Gasteiger partial charge in [-0.1, -0.05) is 0 Å². The molecule has 5 nitrogen and oxygen atoms in total. The second-order valence-corrected chi connectivity index (χ2v) is 5.99. The molecule has 5 heteroatoms. The van der Waals surface area contributed by atoms with E-state index in [-0.39, 0.29) is 24.0 Å². The van der Waals surface area contributed by atoms with Crippen LogP contribution in [0.25, 0.3) is 0 Å². The van der Waals surface area contributed by atoms with Gasteiger partial charge < -0.3 is 19.1 Å². The summed E-state index contributed by atoms with van der Waals surface area (Å²) in [5.41, 5.74) is 0. The number of hydrogen-bond acceptors (Lipinski definition) is 4. The Morgan fingerprint density at radius 2 is 2.20 bits per heavy atom. The molecule has 0 aromatic rings. The Labute approximate surface area is 120 Å². The number of carbonyl (C=O) groups is 1. The molecule has 114 valence electrons. The van der Waals surface area contributed by atoms with Gasteiger partial charge in [0.15, 0.2) is 0 Å². The van der Waals surface area contributed by atoms with E-state index in [0.717, 1.165) is 45.6 Å². The molecule has 1 saturated carbocycles. The van der Waals surface area contributed by atoms with Crippen LogP contribution in [0.15, 0.2) is 0 Å². The third-order valence-electron chi connectivity index (χ3n) is 4.82. The minimum Gasteiger partial charge on any atom is -0.381 e. The van der Waals surface area contributed by atoms with E-state index in [9.17, 15) is 4.79 Å². The number of morpholine rings is 1. The quantitative estimate of drug-likeness (QED) is 0.774. The molecule has 1 amide bonds. The average Bonchev–Trinajstić information content (AvgIpc) is 3.13. The van der Waals surface area contributed by atoms with E-state index in [2.05, 4.69) is 4.90 Å². The first kappa shape index (κ1) is 14.3. The molecule has 0 aromatic heterocycles. The molecule has 3 rings (SSSR count). The molecule has 20 heavy (non-hydrogen) atoms. The maximum Gasteiger partial charge on any atom is 0.228 e. The van der Waals surface area contributed by atoms with Gasteiger partial charge >= 0.3 is 0 Å². The van der Waals surface area contributed by atoms with Crippen LogP contribution >= 0.6 is 0 Å². The van der Waals surface area contributed by atoms with Crippen LogP contribution < -0.4 is 0 Å². The number of ether oxygens (including phenoxy) is 3. The van der Waals surface area contributed by atoms with Crippen LogP contribution in [0.1, 0.15) is 26.2 Å². The van der Waals surface area contributed by atoms with Gasteiger partial charge in [0.1, 0.15) is 0 Å². The normalized spacial score (nSPS) is 37.1. The molecule has 0 aromatic carbocycles. The fraction of sp³-hybridized carbons (Fsp3) is 0.933. The Morgan fingerprint density at radius 1 is 1.30 bits per heavy atom. The van der Waals surface area contributed by atoms with Gasteiger partial charge in [0.05, 0.1) is 37.9 Å². The van der Waals surface area contributed by atoms with Crippen molar-refractivity contribution in [3.8, 4) is 0 Å². The summed E-state index contributed by atoms with van der Waals surface area (Å²) >= 11 is 0. The summed E-state index contributed by atoms with van der Waals surface area (Å²) in [5, 5.41) is 0. The molecule has 0 unspecified atom stereocenters. The first-order valence-electron chi connectivity index (χ1n) is 7.88. The Hall–Kier alpha value is -0.650. The number of hydrogen-bond donors (Lipinski definition) is 0. The first-order chi connectivity index (χ1) is 9.81. The number of nitrogens with zero attached hydrogens (tertiary/aromatic N) is 1. The Morgan fingerprint density at radius 3 is 2.95 bits per heavy atom. The van der Waals surface area contributed by atoms with Crippen LogP contribution in [-0.4, -0.2) is 62.5 Å². The largest absolute Gasteiger partial charge is 0.381 e. The van der Waals surface area contributed by atoms with Crippen LogP contribution in [0.3, 0.4) is 0 Å². The second kappa shape index (κ2) is 6.41. The molecule has 0 bridgehead atoms. The van der Waals surface area contributed by atoms with E-state index in [1.807, 2.05) is 6.92 Å². The number of rotatable bonds is 4. The predicted octanol–water partition coefficient (Wildman–Crippen LogP) is 1.07. The van der Waals surface area contributed by atoms with Crippen LogP contribution in [0.5, 0.6) is 0 Å². The van der Waals surface area contributed by atoms with Gasteiger partial charge in [-0.3, -0.25) is 4.79 Å². The predicted molar refractivity (Wildman–Crippen MR) is 73.4 cm³/mol. The van der Waals surface area contributed by atoms with Gasteiger partial charge in [0.25, 0.3) is 0 Å². The Balaban J connectivity index is 1.63. The van der Waals surface area contributed by atoms with Gasteiger partial charge in [-0.05, 0) is 26.2 Å². The summed E-state index contributed by atoms with van der Waals surface area (Å²) in [4.78, 5) is 14.7. The summed E-state index contributed by atoms with van der Waals surface area (Å²) in [6.07, 6.45) is 3.18. The van der Waals surface area contributed by atoms with Gasteiger partial charge in [0.2, 0.25) is 5.91 Å². The third-order valence-corrected chi connectivity index (χ3v) is 4.82. The highest BCUT2D eigenvalue weighted by molar-refractivity contribution is 5.79. The zero-order chi connectivity index (χ0) is 13.9. The summed E-state index contributed by atoms with van der Waals surface area (Å²) < 4.78 is 16.9. The molecule has 0 N–H and O–H groups in total. The van der Waals surface area contributed by atoms with E-state index in [0.29, 0.717) is 19.1 Å². The van der Waals surface area contributed by atoms with Crippen molar-refractivity contribution in [2.75, 3.05) is 39.6 Å². The van der Waals surface area contributed by atoms with Gasteiger partial charge in [-0.25, -0.2) is 0 Å². The van der Waals surface area contributed by atoms with Crippen molar-refractivity contribution < 1.29 is 19.0 Å². The highest BCUT2D eigenvalue weighted by atomic mass is 16.5. The van der Waals surface area contributed by atoms with Crippen molar-refractivity contribution in [1.29, 1.82) is 0 Å². The minimum atomic E-state index is 0.0692. The SMILES string of the molecule is CCOC[C@@H]1CC[C@@H]2[C@@H]1OCCN2C(=O)[C@@H]1CCOC1. The van der Waals surface area contributed by atoms with Crippen molar-refractivity contribution >= 4 is 5.91 Å². The zero-order valence-corrected chi connectivity index (χ0v) is 12.3. The maximum absolute atomic E-state index is 12.6. The lowest BCUT2D eigenvalue weighted by atomic mass is 10.0. The lowest BCUT2D eigenvalue weighted by Crippen LogP contribution is -2.54. The number of fused-ring (bicyclic) bond motifs is 1. The molecule has 3 fully saturated rings. The monoisotopic (exact) mass is 283 g/mol. The molecule has 3 aliphatic rings. The van der Waals surface area contributed by atoms with Crippen molar-refractivity contribution in [3.05, 3.63) is 0 Å². The van der Waals surface area contributed by atoms with Crippen LogP contribution in [0.4, 0.5) is 0 Å². The Bertz CT molecular complexity index is 343. The fourth-order valence-electron chi connectivity index (χ4n) is 3.75. The van der Waals surface area contributed by atoms with E-state index >= 15 is 0 Å². The highest BCUT2D eigenvalue weighted by Gasteiger charge is 2.45. The van der Waals surface area contributed by atoms with Crippen LogP contribution in [0.2, 0.25) is 0 Å². The third kappa shape index (κ3) is 2.71. The molecule has 2 aliphatic heterocycles. The van der Waals surface area contributed by atoms with E-state index < -0.39 is 0 Å². The number of carbonyl (C=O) groups excluding carboxylic acids is 1. The standard InChI is InChI=1S/C15H25NO4/c1-2-18-9-11-3-4-13-14(11)20-8-6-16(13)15(17)12-5-7-19-10-12/h11-14H,2-10H2,1H3/t11-,12+,13+,14+/m0/s1. The summed E-state index contributed by atoms with van der Waals surface area (Å²) in [7, 11) is 0. The van der Waals surface area contributed by atoms with E-state index in [4.69, 9.17) is 14.2 Å². The molecule has 2 heterocycles. The lowest BCUT2D eigenvalue weighted by Gasteiger charge is -2.40. The number of amides is 1. The Kier molecular flexibility index (Phi) is 4.58. The smallest absolute Gasteiger partial charge is 0.228 e. The first-order valence-corrected chi connectivity index (χ1v) is 7.88. The van der Waals surface area contributed by atoms with E-state index in [1.54, 1.807) is 0 Å². The average molecular weight is 283 g/mol. The lowest BCUT2D eigenvalue weighted by molar-refractivity contribution is -0.151. The van der Waals surface area contributed by atoms with Gasteiger partial charge in [-0.15, -0.1) is 0 Å². The molecule has 1 aliphatic carbocycles. The second-order valence-electron chi connectivity index (χ2n) is 5.99. The molecule has 4 atom stereocenters. The maximum atomic E-state index is 12.6. The topological polar surface area (TPSA) is 48.0 Å². The summed E-state index contributed by atoms with van der Waals surface area (Å²) in [6, 6.07) is 0.252. The zero-order valence-electron chi connectivity index (χ0n) is 12.3. The fourth-order valence-corrected chi connectivity index (χ4v) is 3.75. The minimum absolute atomic E-state index is 0.0692. The van der Waals surface area contributed by atoms with E-state index in [1.165, 1.54) is 0 Å². The van der Waals surface area contributed by atoms with Crippen molar-refractivity contribution in [1.82, 2.24) is 4.90 Å². The van der Waals surface area contributed by atoms with Crippen LogP contribution in [-0.2, 0) is 19.0 Å². The van der Waals surface area contributed by atoms with Gasteiger partial charge in [0, 0.05) is 25.7 Å². The van der Waals surface area contributed by atoms with Gasteiger partial charge in [-0.2, -0.15) is 0 Å². The summed E-state index contributed by atoms with van der Waals surface area (Å²) in [5.74, 6) is 0.785. The molecule has 0 spiro atoms.